The van der Waals surface area contributed by atoms with Gasteiger partial charge in [0.2, 0.25) is 5.91 Å². The Labute approximate surface area is 140 Å². The maximum atomic E-state index is 12.2. The maximum absolute atomic E-state index is 12.2. The SMILES string of the molecule is CO[C@@H](C1CC1)[C@@H](C)NC(=O)Cc1csc(-c2ccccn2)n1. The number of hydrogen-bond donors (Lipinski definition) is 1. The van der Waals surface area contributed by atoms with Crippen LogP contribution in [-0.2, 0) is 16.0 Å². The first-order chi connectivity index (χ1) is 11.2. The number of aromatic nitrogens is 2. The molecule has 2 heterocycles. The summed E-state index contributed by atoms with van der Waals surface area (Å²) >= 11 is 1.51. The minimum Gasteiger partial charge on any atom is -0.379 e. The van der Waals surface area contributed by atoms with E-state index in [-0.39, 0.29) is 24.5 Å². The molecule has 1 fully saturated rings. The van der Waals surface area contributed by atoms with Crippen molar-refractivity contribution in [3.05, 3.63) is 35.5 Å². The normalized spacial score (nSPS) is 16.8. The molecule has 0 aliphatic heterocycles. The van der Waals surface area contributed by atoms with Crippen molar-refractivity contribution in [3.8, 4) is 10.7 Å². The zero-order chi connectivity index (χ0) is 16.2. The number of ether oxygens (including phenoxy) is 1. The minimum atomic E-state index is -0.0157. The van der Waals surface area contributed by atoms with Crippen molar-refractivity contribution in [1.29, 1.82) is 0 Å². The second-order valence-corrected chi connectivity index (χ2v) is 6.79. The van der Waals surface area contributed by atoms with E-state index in [1.807, 2.05) is 30.5 Å². The van der Waals surface area contributed by atoms with Gasteiger partial charge in [0.1, 0.15) is 5.01 Å². The number of methoxy groups -OCH3 is 1. The van der Waals surface area contributed by atoms with Crippen LogP contribution < -0.4 is 5.32 Å². The lowest BCUT2D eigenvalue weighted by Crippen LogP contribution is -2.43. The lowest BCUT2D eigenvalue weighted by atomic mass is 10.1. The van der Waals surface area contributed by atoms with E-state index in [1.54, 1.807) is 13.3 Å². The van der Waals surface area contributed by atoms with E-state index in [0.29, 0.717) is 5.92 Å². The fourth-order valence-corrected chi connectivity index (χ4v) is 3.57. The van der Waals surface area contributed by atoms with Gasteiger partial charge < -0.3 is 10.1 Å². The molecule has 1 aliphatic carbocycles. The number of amides is 1. The zero-order valence-electron chi connectivity index (χ0n) is 13.4. The van der Waals surface area contributed by atoms with Crippen LogP contribution in [0.15, 0.2) is 29.8 Å². The quantitative estimate of drug-likeness (QED) is 0.847. The van der Waals surface area contributed by atoms with Crippen molar-refractivity contribution in [2.75, 3.05) is 7.11 Å². The summed E-state index contributed by atoms with van der Waals surface area (Å²) in [6.07, 6.45) is 4.53. The molecule has 1 N–H and O–H groups in total. The van der Waals surface area contributed by atoms with E-state index in [9.17, 15) is 4.79 Å². The smallest absolute Gasteiger partial charge is 0.226 e. The van der Waals surface area contributed by atoms with Crippen molar-refractivity contribution >= 4 is 17.2 Å². The van der Waals surface area contributed by atoms with E-state index in [0.717, 1.165) is 16.4 Å². The Bertz CT molecular complexity index is 655. The van der Waals surface area contributed by atoms with Crippen LogP contribution in [0.3, 0.4) is 0 Å². The van der Waals surface area contributed by atoms with E-state index < -0.39 is 0 Å². The Morgan fingerprint density at radius 2 is 2.30 bits per heavy atom. The van der Waals surface area contributed by atoms with Crippen LogP contribution in [-0.4, -0.2) is 35.1 Å². The van der Waals surface area contributed by atoms with Gasteiger partial charge in [-0.25, -0.2) is 4.98 Å². The van der Waals surface area contributed by atoms with E-state index in [1.165, 1.54) is 24.2 Å². The molecule has 2 aromatic heterocycles. The van der Waals surface area contributed by atoms with Crippen molar-refractivity contribution in [3.63, 3.8) is 0 Å². The maximum Gasteiger partial charge on any atom is 0.226 e. The standard InChI is InChI=1S/C17H21N3O2S/c1-11(16(22-2)12-6-7-12)19-15(21)9-13-10-23-17(20-13)14-5-3-4-8-18-14/h3-5,8,10-12,16H,6-7,9H2,1-2H3,(H,19,21)/t11-,16-/m1/s1. The third-order valence-corrected chi connectivity index (χ3v) is 4.93. The van der Waals surface area contributed by atoms with E-state index >= 15 is 0 Å². The number of nitrogens with one attached hydrogen (secondary N) is 1. The van der Waals surface area contributed by atoms with Gasteiger partial charge in [-0.05, 0) is 37.8 Å². The molecule has 2 aromatic rings. The van der Waals surface area contributed by atoms with Crippen LogP contribution in [0.5, 0.6) is 0 Å². The van der Waals surface area contributed by atoms with Gasteiger partial charge in [0, 0.05) is 18.7 Å². The molecule has 1 saturated carbocycles. The summed E-state index contributed by atoms with van der Waals surface area (Å²) < 4.78 is 5.51. The van der Waals surface area contributed by atoms with Gasteiger partial charge >= 0.3 is 0 Å². The molecule has 3 rings (SSSR count). The number of nitrogens with zero attached hydrogens (tertiary/aromatic N) is 2. The van der Waals surface area contributed by atoms with Gasteiger partial charge in [0.25, 0.3) is 0 Å². The summed E-state index contributed by atoms with van der Waals surface area (Å²) in [6.45, 7) is 2.00. The fraction of sp³-hybridized carbons (Fsp3) is 0.471. The predicted octanol–water partition coefficient (Wildman–Crippen LogP) is 2.68. The number of carbonyl (C=O) groups excluding carboxylic acids is 1. The second-order valence-electron chi connectivity index (χ2n) is 5.93. The highest BCUT2D eigenvalue weighted by molar-refractivity contribution is 7.13. The molecule has 1 aliphatic rings. The molecular formula is C17H21N3O2S. The van der Waals surface area contributed by atoms with Crippen LogP contribution in [0.2, 0.25) is 0 Å². The van der Waals surface area contributed by atoms with Crippen LogP contribution in [0.4, 0.5) is 0 Å². The molecule has 0 bridgehead atoms. The van der Waals surface area contributed by atoms with E-state index in [4.69, 9.17) is 4.74 Å². The van der Waals surface area contributed by atoms with Crippen LogP contribution in [0.1, 0.15) is 25.5 Å². The number of hydrogen-bond acceptors (Lipinski definition) is 5. The third-order valence-electron chi connectivity index (χ3n) is 4.02. The number of rotatable bonds is 7. The molecule has 2 atom stereocenters. The molecule has 0 saturated heterocycles. The Morgan fingerprint density at radius 1 is 1.48 bits per heavy atom. The molecule has 23 heavy (non-hydrogen) atoms. The summed E-state index contributed by atoms with van der Waals surface area (Å²) in [5, 5.41) is 5.80. The Morgan fingerprint density at radius 3 is 2.96 bits per heavy atom. The van der Waals surface area contributed by atoms with Gasteiger partial charge in [-0.1, -0.05) is 6.07 Å². The van der Waals surface area contributed by atoms with Gasteiger partial charge in [-0.3, -0.25) is 9.78 Å². The summed E-state index contributed by atoms with van der Waals surface area (Å²) in [5.74, 6) is 0.573. The first kappa shape index (κ1) is 16.1. The molecule has 6 heteroatoms. The summed E-state index contributed by atoms with van der Waals surface area (Å²) in [7, 11) is 1.71. The average molecular weight is 331 g/mol. The molecule has 1 amide bonds. The van der Waals surface area contributed by atoms with Gasteiger partial charge in [0.15, 0.2) is 0 Å². The summed E-state index contributed by atoms with van der Waals surface area (Å²) in [6, 6.07) is 5.75. The molecule has 0 radical (unpaired) electrons. The van der Waals surface area contributed by atoms with Crippen LogP contribution in [0.25, 0.3) is 10.7 Å². The highest BCUT2D eigenvalue weighted by atomic mass is 32.1. The average Bonchev–Trinajstić information content (AvgIpc) is 3.27. The highest BCUT2D eigenvalue weighted by Crippen LogP contribution is 2.35. The fourth-order valence-electron chi connectivity index (χ4n) is 2.78. The Kier molecular flexibility index (Phi) is 5.03. The zero-order valence-corrected chi connectivity index (χ0v) is 14.2. The lowest BCUT2D eigenvalue weighted by Gasteiger charge is -2.23. The predicted molar refractivity (Wildman–Crippen MR) is 90.2 cm³/mol. The molecule has 0 spiro atoms. The second kappa shape index (κ2) is 7.19. The topological polar surface area (TPSA) is 64.1 Å². The minimum absolute atomic E-state index is 0.0157. The van der Waals surface area contributed by atoms with Crippen molar-refractivity contribution in [2.24, 2.45) is 5.92 Å². The number of pyridine rings is 1. The van der Waals surface area contributed by atoms with E-state index in [2.05, 4.69) is 15.3 Å². The molecular weight excluding hydrogens is 310 g/mol. The third kappa shape index (κ3) is 4.14. The van der Waals surface area contributed by atoms with Crippen molar-refractivity contribution < 1.29 is 9.53 Å². The molecule has 0 unspecified atom stereocenters. The summed E-state index contributed by atoms with van der Waals surface area (Å²) in [4.78, 5) is 21.0. The number of carbonyl (C=O) groups is 1. The molecule has 5 nitrogen and oxygen atoms in total. The number of thiazole rings is 1. The Balaban J connectivity index is 1.57. The monoisotopic (exact) mass is 331 g/mol. The molecule has 0 aromatic carbocycles. The van der Waals surface area contributed by atoms with Crippen molar-refractivity contribution in [2.45, 2.75) is 38.3 Å². The largest absolute Gasteiger partial charge is 0.379 e. The van der Waals surface area contributed by atoms with Gasteiger partial charge in [-0.15, -0.1) is 11.3 Å². The Hall–Kier alpha value is -1.79. The van der Waals surface area contributed by atoms with Crippen LogP contribution in [0, 0.1) is 5.92 Å². The van der Waals surface area contributed by atoms with Gasteiger partial charge in [-0.2, -0.15) is 0 Å². The summed E-state index contributed by atoms with van der Waals surface area (Å²) in [5.41, 5.74) is 1.62. The van der Waals surface area contributed by atoms with Crippen LogP contribution >= 0.6 is 11.3 Å². The molecule has 122 valence electrons. The highest BCUT2D eigenvalue weighted by Gasteiger charge is 2.35. The van der Waals surface area contributed by atoms with Gasteiger partial charge in [0.05, 0.1) is 30.0 Å². The first-order valence-electron chi connectivity index (χ1n) is 7.85. The lowest BCUT2D eigenvalue weighted by molar-refractivity contribution is -0.122. The van der Waals surface area contributed by atoms with Crippen molar-refractivity contribution in [1.82, 2.24) is 15.3 Å². The first-order valence-corrected chi connectivity index (χ1v) is 8.73.